The molecule has 0 radical (unpaired) electrons. The van der Waals surface area contributed by atoms with Crippen LogP contribution in [0.25, 0.3) is 0 Å². The molecule has 6 nitrogen and oxygen atoms in total. The van der Waals surface area contributed by atoms with Crippen LogP contribution in [0.5, 0.6) is 0 Å². The molecule has 108 valence electrons. The van der Waals surface area contributed by atoms with Gasteiger partial charge in [-0.1, -0.05) is 6.07 Å². The number of nitrogens with one attached hydrogen (secondary N) is 2. The molecule has 0 aliphatic rings. The number of aliphatic carboxylic acids is 1. The minimum absolute atomic E-state index is 0.0121. The van der Waals surface area contributed by atoms with Gasteiger partial charge in [0.1, 0.15) is 12.5 Å². The van der Waals surface area contributed by atoms with Crippen LogP contribution < -0.4 is 10.6 Å². The Morgan fingerprint density at radius 1 is 1.30 bits per heavy atom. The van der Waals surface area contributed by atoms with E-state index in [1.807, 2.05) is 5.32 Å². The van der Waals surface area contributed by atoms with E-state index in [1.165, 1.54) is 12.1 Å². The van der Waals surface area contributed by atoms with E-state index in [1.54, 1.807) is 0 Å². The summed E-state index contributed by atoms with van der Waals surface area (Å²) < 4.78 is 25.1. The fourth-order valence-corrected chi connectivity index (χ4v) is 1.30. The van der Waals surface area contributed by atoms with Gasteiger partial charge >= 0.3 is 5.97 Å². The molecule has 1 aromatic carbocycles. The largest absolute Gasteiger partial charge is 0.480 e. The molecular weight excluding hydrogens is 274 g/mol. The quantitative estimate of drug-likeness (QED) is 0.691. The number of carbonyl (C=O) groups excluding carboxylic acids is 2. The first-order chi connectivity index (χ1) is 9.43. The molecule has 0 saturated heterocycles. The van der Waals surface area contributed by atoms with Crippen molar-refractivity contribution in [2.45, 2.75) is 6.04 Å². The second kappa shape index (κ2) is 7.17. The third-order valence-corrected chi connectivity index (χ3v) is 2.28. The van der Waals surface area contributed by atoms with E-state index in [9.17, 15) is 23.2 Å². The number of carboxylic acid groups (broad SMARTS) is 1. The number of rotatable bonds is 6. The van der Waals surface area contributed by atoms with Crippen LogP contribution in [0.2, 0.25) is 0 Å². The zero-order valence-corrected chi connectivity index (χ0v) is 10.2. The van der Waals surface area contributed by atoms with Crippen molar-refractivity contribution in [2.75, 3.05) is 13.2 Å². The van der Waals surface area contributed by atoms with Crippen molar-refractivity contribution in [1.82, 2.24) is 10.6 Å². The molecule has 0 heterocycles. The maximum absolute atomic E-state index is 12.9. The van der Waals surface area contributed by atoms with Gasteiger partial charge in [0.05, 0.1) is 6.54 Å². The van der Waals surface area contributed by atoms with Crippen LogP contribution >= 0.6 is 0 Å². The summed E-state index contributed by atoms with van der Waals surface area (Å²) in [6, 6.07) is 3.15. The Kier molecular flexibility index (Phi) is 5.57. The molecular formula is C12H12F2N2O4. The number of amides is 2. The number of hydrogen-bond donors (Lipinski definition) is 3. The number of halogens is 2. The van der Waals surface area contributed by atoms with E-state index in [4.69, 9.17) is 5.11 Å². The lowest BCUT2D eigenvalue weighted by Gasteiger charge is -2.11. The Labute approximate surface area is 112 Å². The lowest BCUT2D eigenvalue weighted by atomic mass is 10.2. The second-order valence-electron chi connectivity index (χ2n) is 3.81. The molecule has 0 bridgehead atoms. The lowest BCUT2D eigenvalue weighted by molar-refractivity contribution is -0.142. The van der Waals surface area contributed by atoms with Gasteiger partial charge in [-0.2, -0.15) is 0 Å². The van der Waals surface area contributed by atoms with Crippen LogP contribution in [0.1, 0.15) is 10.4 Å². The highest BCUT2D eigenvalue weighted by molar-refractivity contribution is 5.96. The molecule has 0 spiro atoms. The Morgan fingerprint density at radius 2 is 2.00 bits per heavy atom. The topological polar surface area (TPSA) is 95.5 Å². The van der Waals surface area contributed by atoms with Crippen molar-refractivity contribution in [2.24, 2.45) is 0 Å². The molecule has 3 N–H and O–H groups in total. The number of carboxylic acids is 1. The molecule has 1 unspecified atom stereocenters. The predicted molar refractivity (Wildman–Crippen MR) is 64.3 cm³/mol. The molecule has 0 aliphatic carbocycles. The van der Waals surface area contributed by atoms with Crippen LogP contribution in [0, 0.1) is 5.82 Å². The summed E-state index contributed by atoms with van der Waals surface area (Å²) in [5, 5.41) is 12.6. The highest BCUT2D eigenvalue weighted by Gasteiger charge is 2.19. The smallest absolute Gasteiger partial charge is 0.328 e. The summed E-state index contributed by atoms with van der Waals surface area (Å²) in [5.41, 5.74) is 0.0121. The monoisotopic (exact) mass is 286 g/mol. The van der Waals surface area contributed by atoms with Crippen molar-refractivity contribution < 1.29 is 28.3 Å². The summed E-state index contributed by atoms with van der Waals surface area (Å²) in [4.78, 5) is 33.3. The lowest BCUT2D eigenvalue weighted by Crippen LogP contribution is -2.46. The molecule has 1 aromatic rings. The van der Waals surface area contributed by atoms with Crippen molar-refractivity contribution in [1.29, 1.82) is 0 Å². The van der Waals surface area contributed by atoms with Crippen LogP contribution in [0.4, 0.5) is 8.78 Å². The first-order valence-electron chi connectivity index (χ1n) is 5.56. The molecule has 8 heteroatoms. The van der Waals surface area contributed by atoms with E-state index in [2.05, 4.69) is 5.32 Å². The SMILES string of the molecule is O=C(CNC(=O)c1cccc(F)c1)NC(CF)C(=O)O. The highest BCUT2D eigenvalue weighted by atomic mass is 19.1. The van der Waals surface area contributed by atoms with Gasteiger partial charge in [0.2, 0.25) is 5.91 Å². The summed E-state index contributed by atoms with van der Waals surface area (Å²) in [5.74, 6) is -3.69. The first-order valence-corrected chi connectivity index (χ1v) is 5.56. The average molecular weight is 286 g/mol. The zero-order valence-electron chi connectivity index (χ0n) is 10.2. The molecule has 0 saturated carbocycles. The van der Waals surface area contributed by atoms with Crippen molar-refractivity contribution in [3.05, 3.63) is 35.6 Å². The van der Waals surface area contributed by atoms with Crippen molar-refractivity contribution in [3.8, 4) is 0 Å². The van der Waals surface area contributed by atoms with Crippen LogP contribution in [-0.2, 0) is 9.59 Å². The molecule has 1 atom stereocenters. The molecule has 2 amide bonds. The number of alkyl halides is 1. The Balaban J connectivity index is 2.49. The van der Waals surface area contributed by atoms with Gasteiger partial charge in [-0.15, -0.1) is 0 Å². The van der Waals surface area contributed by atoms with E-state index in [0.29, 0.717) is 0 Å². The van der Waals surface area contributed by atoms with Crippen LogP contribution in [-0.4, -0.2) is 42.2 Å². The minimum atomic E-state index is -1.66. The third-order valence-electron chi connectivity index (χ3n) is 2.28. The van der Waals surface area contributed by atoms with Gasteiger partial charge in [0.25, 0.3) is 5.91 Å². The number of benzene rings is 1. The second-order valence-corrected chi connectivity index (χ2v) is 3.81. The minimum Gasteiger partial charge on any atom is -0.480 e. The van der Waals surface area contributed by atoms with Gasteiger partial charge in [-0.25, -0.2) is 13.6 Å². The van der Waals surface area contributed by atoms with E-state index in [0.717, 1.165) is 12.1 Å². The van der Waals surface area contributed by atoms with Gasteiger partial charge in [-0.05, 0) is 18.2 Å². The summed E-state index contributed by atoms with van der Waals surface area (Å²) in [7, 11) is 0. The number of hydrogen-bond acceptors (Lipinski definition) is 3. The summed E-state index contributed by atoms with van der Waals surface area (Å²) in [6.45, 7) is -1.81. The Bertz CT molecular complexity index is 522. The standard InChI is InChI=1S/C12H12F2N2O4/c13-5-9(12(19)20)16-10(17)6-15-11(18)7-2-1-3-8(14)4-7/h1-4,9H,5-6H2,(H,15,18)(H,16,17)(H,19,20). The number of carbonyl (C=O) groups is 3. The maximum atomic E-state index is 12.9. The molecule has 20 heavy (non-hydrogen) atoms. The van der Waals surface area contributed by atoms with E-state index >= 15 is 0 Å². The Hall–Kier alpha value is -2.51. The fourth-order valence-electron chi connectivity index (χ4n) is 1.30. The van der Waals surface area contributed by atoms with Gasteiger partial charge in [0, 0.05) is 5.56 Å². The van der Waals surface area contributed by atoms with Gasteiger partial charge in [-0.3, -0.25) is 9.59 Å². The average Bonchev–Trinajstić information content (AvgIpc) is 2.41. The predicted octanol–water partition coefficient (Wildman–Crippen LogP) is 0.0944. The van der Waals surface area contributed by atoms with E-state index < -0.39 is 42.9 Å². The Morgan fingerprint density at radius 3 is 2.55 bits per heavy atom. The molecule has 0 fully saturated rings. The highest BCUT2D eigenvalue weighted by Crippen LogP contribution is 2.02. The maximum Gasteiger partial charge on any atom is 0.328 e. The van der Waals surface area contributed by atoms with Crippen LogP contribution in [0.3, 0.4) is 0 Å². The van der Waals surface area contributed by atoms with Crippen molar-refractivity contribution in [3.63, 3.8) is 0 Å². The third kappa shape index (κ3) is 4.63. The van der Waals surface area contributed by atoms with Gasteiger partial charge in [0.15, 0.2) is 6.04 Å². The summed E-state index contributed by atoms with van der Waals surface area (Å²) in [6.07, 6.45) is 0. The van der Waals surface area contributed by atoms with Crippen LogP contribution in [0.15, 0.2) is 24.3 Å². The zero-order chi connectivity index (χ0) is 15.1. The molecule has 1 rings (SSSR count). The molecule has 0 aromatic heterocycles. The summed E-state index contributed by atoms with van der Waals surface area (Å²) >= 11 is 0. The fraction of sp³-hybridized carbons (Fsp3) is 0.250. The first kappa shape index (κ1) is 15.5. The molecule has 0 aliphatic heterocycles. The van der Waals surface area contributed by atoms with Gasteiger partial charge < -0.3 is 15.7 Å². The van der Waals surface area contributed by atoms with E-state index in [-0.39, 0.29) is 5.56 Å². The van der Waals surface area contributed by atoms with Crippen molar-refractivity contribution >= 4 is 17.8 Å². The normalized spacial score (nSPS) is 11.5.